The highest BCUT2D eigenvalue weighted by molar-refractivity contribution is 6.31. The van der Waals surface area contributed by atoms with Gasteiger partial charge in [0.05, 0.1) is 12.0 Å². The van der Waals surface area contributed by atoms with Gasteiger partial charge in [0.15, 0.2) is 0 Å². The second kappa shape index (κ2) is 9.78. The van der Waals surface area contributed by atoms with Gasteiger partial charge in [-0.25, -0.2) is 8.78 Å². The molecular weight excluding hydrogens is 406 g/mol. The van der Waals surface area contributed by atoms with Gasteiger partial charge in [-0.3, -0.25) is 4.79 Å². The van der Waals surface area contributed by atoms with Gasteiger partial charge in [-0.1, -0.05) is 42.5 Å². The van der Waals surface area contributed by atoms with Crippen molar-refractivity contribution in [2.45, 2.75) is 69.4 Å². The van der Waals surface area contributed by atoms with E-state index in [0.29, 0.717) is 44.3 Å². The fourth-order valence-electron chi connectivity index (χ4n) is 4.76. The predicted octanol–water partition coefficient (Wildman–Crippen LogP) is 5.57. The molecule has 3 nitrogen and oxygen atoms in total. The Morgan fingerprint density at radius 1 is 1.20 bits per heavy atom. The zero-order valence-electron chi connectivity index (χ0n) is 17.9. The Bertz CT molecular complexity index is 768. The minimum absolute atomic E-state index is 0.0146. The summed E-state index contributed by atoms with van der Waals surface area (Å²) >= 11 is 6.33. The molecule has 1 aromatic rings. The number of carbonyl (C=O) groups excluding carboxylic acids is 1. The number of hydrogen-bond acceptors (Lipinski definition) is 2. The molecule has 166 valence electrons. The lowest BCUT2D eigenvalue weighted by Gasteiger charge is -2.39. The number of hydrogen-bond donors (Lipinski definition) is 1. The summed E-state index contributed by atoms with van der Waals surface area (Å²) in [5, 5.41) is 3.18. The van der Waals surface area contributed by atoms with Gasteiger partial charge in [0, 0.05) is 24.7 Å². The Morgan fingerprint density at radius 3 is 2.47 bits per heavy atom. The molecule has 1 saturated heterocycles. The first kappa shape index (κ1) is 23.2. The maximum Gasteiger partial charge on any atom is 0.230 e. The fraction of sp³-hybridized carbons (Fsp3) is 0.625. The molecule has 3 rings (SSSR count). The van der Waals surface area contributed by atoms with Gasteiger partial charge in [-0.2, -0.15) is 0 Å². The van der Waals surface area contributed by atoms with Crippen molar-refractivity contribution in [2.24, 2.45) is 0 Å². The Kier molecular flexibility index (Phi) is 7.56. The van der Waals surface area contributed by atoms with Crippen LogP contribution in [0.3, 0.4) is 0 Å². The highest BCUT2D eigenvalue weighted by Gasteiger charge is 2.44. The van der Waals surface area contributed by atoms with Crippen molar-refractivity contribution in [1.29, 1.82) is 0 Å². The summed E-state index contributed by atoms with van der Waals surface area (Å²) in [5.41, 5.74) is -0.402. The number of alkyl halides is 1. The van der Waals surface area contributed by atoms with E-state index >= 15 is 4.39 Å². The van der Waals surface area contributed by atoms with Crippen LogP contribution in [-0.4, -0.2) is 42.7 Å². The average Bonchev–Trinajstić information content (AvgIpc) is 2.72. The number of amides is 1. The number of benzene rings is 1. The molecule has 0 atom stereocenters. The monoisotopic (exact) mass is 438 g/mol. The van der Waals surface area contributed by atoms with Crippen molar-refractivity contribution in [3.63, 3.8) is 0 Å². The summed E-state index contributed by atoms with van der Waals surface area (Å²) in [6.45, 7) is 8.23. The Labute approximate surface area is 183 Å². The van der Waals surface area contributed by atoms with Crippen LogP contribution in [0.1, 0.15) is 63.9 Å². The molecule has 1 aromatic carbocycles. The van der Waals surface area contributed by atoms with Crippen LogP contribution in [0.5, 0.6) is 0 Å². The number of nitrogens with one attached hydrogen (secondary N) is 1. The van der Waals surface area contributed by atoms with Gasteiger partial charge in [-0.05, 0) is 56.7 Å². The first-order valence-electron chi connectivity index (χ1n) is 11.0. The van der Waals surface area contributed by atoms with E-state index in [0.717, 1.165) is 37.8 Å². The number of nitrogens with zero attached hydrogens (tertiary/aromatic N) is 1. The highest BCUT2D eigenvalue weighted by atomic mass is 35.5. The first-order chi connectivity index (χ1) is 14.2. The van der Waals surface area contributed by atoms with Crippen LogP contribution in [0.4, 0.5) is 8.78 Å². The minimum Gasteiger partial charge on any atom is -0.352 e. The van der Waals surface area contributed by atoms with Crippen LogP contribution < -0.4 is 5.32 Å². The van der Waals surface area contributed by atoms with Crippen molar-refractivity contribution < 1.29 is 13.6 Å². The predicted molar refractivity (Wildman–Crippen MR) is 118 cm³/mol. The van der Waals surface area contributed by atoms with Crippen molar-refractivity contribution in [3.8, 4) is 0 Å². The number of carbonyl (C=O) groups is 1. The van der Waals surface area contributed by atoms with E-state index in [2.05, 4.69) is 16.8 Å². The second-order valence-electron chi connectivity index (χ2n) is 9.15. The molecule has 1 saturated carbocycles. The third kappa shape index (κ3) is 5.42. The topological polar surface area (TPSA) is 32.3 Å². The molecule has 0 aromatic heterocycles. The summed E-state index contributed by atoms with van der Waals surface area (Å²) in [7, 11) is 0. The average molecular weight is 439 g/mol. The van der Waals surface area contributed by atoms with Gasteiger partial charge < -0.3 is 10.2 Å². The van der Waals surface area contributed by atoms with Crippen molar-refractivity contribution in [3.05, 3.63) is 46.8 Å². The largest absolute Gasteiger partial charge is 0.352 e. The minimum atomic E-state index is -1.39. The third-order valence-corrected chi connectivity index (χ3v) is 7.07. The van der Waals surface area contributed by atoms with Crippen LogP contribution in [0.25, 0.3) is 0 Å². The lowest BCUT2D eigenvalue weighted by molar-refractivity contribution is -0.129. The molecule has 1 aliphatic heterocycles. The summed E-state index contributed by atoms with van der Waals surface area (Å²) in [6, 6.07) is 4.23. The number of rotatable bonds is 7. The quantitative estimate of drug-likeness (QED) is 0.564. The standard InChI is InChI=1S/C24H33ClF2N2O/c1-18(2)8-13-29-14-11-23(27,12-15-29)17-28-22(30)24(9-4-3-5-10-24)20-7-6-19(26)16-21(20)25/h6-7,16H,1,3-5,8-15,17H2,2H3,(H,28,30). The molecule has 0 unspecified atom stereocenters. The summed E-state index contributed by atoms with van der Waals surface area (Å²) < 4.78 is 29.0. The van der Waals surface area contributed by atoms with Crippen LogP contribution >= 0.6 is 11.6 Å². The van der Waals surface area contributed by atoms with Gasteiger partial charge in [-0.15, -0.1) is 6.58 Å². The third-order valence-electron chi connectivity index (χ3n) is 6.76. The number of piperidine rings is 1. The summed E-state index contributed by atoms with van der Waals surface area (Å²) in [4.78, 5) is 15.6. The Balaban J connectivity index is 1.65. The Hall–Kier alpha value is -1.46. The molecule has 1 N–H and O–H groups in total. The van der Waals surface area contributed by atoms with Crippen molar-refractivity contribution in [1.82, 2.24) is 10.2 Å². The highest BCUT2D eigenvalue weighted by Crippen LogP contribution is 2.43. The van der Waals surface area contributed by atoms with E-state index in [1.807, 2.05) is 6.92 Å². The maximum atomic E-state index is 15.4. The molecule has 6 heteroatoms. The molecule has 1 aliphatic carbocycles. The number of likely N-dealkylation sites (tertiary alicyclic amines) is 1. The van der Waals surface area contributed by atoms with Gasteiger partial charge >= 0.3 is 0 Å². The summed E-state index contributed by atoms with van der Waals surface area (Å²) in [5.74, 6) is -0.603. The molecule has 2 aliphatic rings. The molecule has 0 radical (unpaired) electrons. The molecule has 1 amide bonds. The van der Waals surface area contributed by atoms with Crippen LogP contribution in [0, 0.1) is 5.82 Å². The van der Waals surface area contributed by atoms with Gasteiger partial charge in [0.2, 0.25) is 5.91 Å². The van der Waals surface area contributed by atoms with Gasteiger partial charge in [0.25, 0.3) is 0 Å². The molecule has 30 heavy (non-hydrogen) atoms. The molecule has 0 bridgehead atoms. The molecule has 1 heterocycles. The molecule has 0 spiro atoms. The summed E-state index contributed by atoms with van der Waals surface area (Å²) in [6.07, 6.45) is 5.91. The van der Waals surface area contributed by atoms with Crippen LogP contribution in [0.15, 0.2) is 30.4 Å². The van der Waals surface area contributed by atoms with E-state index in [1.165, 1.54) is 12.1 Å². The van der Waals surface area contributed by atoms with E-state index in [4.69, 9.17) is 11.6 Å². The van der Waals surface area contributed by atoms with E-state index in [1.54, 1.807) is 6.07 Å². The molecule has 2 fully saturated rings. The lowest BCUT2D eigenvalue weighted by atomic mass is 9.68. The fourth-order valence-corrected chi connectivity index (χ4v) is 5.11. The zero-order valence-corrected chi connectivity index (χ0v) is 18.7. The zero-order chi connectivity index (χ0) is 21.8. The van der Waals surface area contributed by atoms with Crippen molar-refractivity contribution >= 4 is 17.5 Å². The SMILES string of the molecule is C=C(C)CCN1CCC(F)(CNC(=O)C2(c3ccc(F)cc3Cl)CCCCC2)CC1. The Morgan fingerprint density at radius 2 is 1.87 bits per heavy atom. The smallest absolute Gasteiger partial charge is 0.230 e. The van der Waals surface area contributed by atoms with E-state index in [-0.39, 0.29) is 17.5 Å². The van der Waals surface area contributed by atoms with Crippen molar-refractivity contribution in [2.75, 3.05) is 26.2 Å². The second-order valence-corrected chi connectivity index (χ2v) is 9.56. The van der Waals surface area contributed by atoms with Gasteiger partial charge in [0.1, 0.15) is 11.5 Å². The molecular formula is C24H33ClF2N2O. The first-order valence-corrected chi connectivity index (χ1v) is 11.4. The maximum absolute atomic E-state index is 15.4. The van der Waals surface area contributed by atoms with Crippen LogP contribution in [-0.2, 0) is 10.2 Å². The van der Waals surface area contributed by atoms with Crippen LogP contribution in [0.2, 0.25) is 5.02 Å². The normalized spacial score (nSPS) is 21.2. The number of halogens is 3. The van der Waals surface area contributed by atoms with E-state index in [9.17, 15) is 9.18 Å². The van der Waals surface area contributed by atoms with E-state index < -0.39 is 16.9 Å². The lowest BCUT2D eigenvalue weighted by Crippen LogP contribution is -2.52.